The topological polar surface area (TPSA) is 112 Å². The minimum absolute atomic E-state index is 0.243. The maximum Gasteiger partial charge on any atom is 0.310 e. The van der Waals surface area contributed by atoms with Crippen LogP contribution in [0.3, 0.4) is 0 Å². The van der Waals surface area contributed by atoms with Crippen molar-refractivity contribution < 1.29 is 29.7 Å². The SMILES string of the molecule is O=C(O)CC(C(=O)O)C1(C(=O)O)CCCCCC1. The lowest BCUT2D eigenvalue weighted by Gasteiger charge is -2.33. The van der Waals surface area contributed by atoms with Gasteiger partial charge in [0.2, 0.25) is 0 Å². The van der Waals surface area contributed by atoms with Gasteiger partial charge in [-0.2, -0.15) is 0 Å². The molecule has 3 N–H and O–H groups in total. The highest BCUT2D eigenvalue weighted by Gasteiger charge is 2.50. The summed E-state index contributed by atoms with van der Waals surface area (Å²) < 4.78 is 0. The van der Waals surface area contributed by atoms with E-state index in [4.69, 9.17) is 10.2 Å². The van der Waals surface area contributed by atoms with Crippen LogP contribution in [0, 0.1) is 11.3 Å². The Labute approximate surface area is 105 Å². The second-order valence-corrected chi connectivity index (χ2v) is 4.86. The third-order valence-electron chi connectivity index (χ3n) is 3.77. The molecule has 6 nitrogen and oxygen atoms in total. The van der Waals surface area contributed by atoms with E-state index >= 15 is 0 Å². The average molecular weight is 258 g/mol. The van der Waals surface area contributed by atoms with Crippen LogP contribution in [0.15, 0.2) is 0 Å². The Morgan fingerprint density at radius 3 is 1.78 bits per heavy atom. The van der Waals surface area contributed by atoms with E-state index in [2.05, 4.69) is 0 Å². The molecule has 1 fully saturated rings. The summed E-state index contributed by atoms with van der Waals surface area (Å²) in [7, 11) is 0. The van der Waals surface area contributed by atoms with E-state index in [1.165, 1.54) is 0 Å². The van der Waals surface area contributed by atoms with Gasteiger partial charge < -0.3 is 15.3 Å². The molecule has 102 valence electrons. The molecule has 1 aliphatic carbocycles. The minimum Gasteiger partial charge on any atom is -0.481 e. The number of hydrogen-bond donors (Lipinski definition) is 3. The van der Waals surface area contributed by atoms with Crippen molar-refractivity contribution in [1.29, 1.82) is 0 Å². The highest BCUT2D eigenvalue weighted by atomic mass is 16.4. The van der Waals surface area contributed by atoms with E-state index in [0.717, 1.165) is 12.8 Å². The summed E-state index contributed by atoms with van der Waals surface area (Å²) in [5.41, 5.74) is -1.43. The molecule has 0 aromatic rings. The molecule has 0 amide bonds. The van der Waals surface area contributed by atoms with Gasteiger partial charge in [-0.05, 0) is 12.8 Å². The molecule has 0 bridgehead atoms. The lowest BCUT2D eigenvalue weighted by Crippen LogP contribution is -2.43. The van der Waals surface area contributed by atoms with Crippen LogP contribution in [0.4, 0.5) is 0 Å². The molecule has 0 aromatic heterocycles. The van der Waals surface area contributed by atoms with E-state index in [9.17, 15) is 19.5 Å². The maximum atomic E-state index is 11.5. The first-order chi connectivity index (χ1) is 8.40. The predicted molar refractivity (Wildman–Crippen MR) is 61.1 cm³/mol. The van der Waals surface area contributed by atoms with Crippen molar-refractivity contribution in [2.75, 3.05) is 0 Å². The van der Waals surface area contributed by atoms with E-state index < -0.39 is 35.7 Å². The second-order valence-electron chi connectivity index (χ2n) is 4.86. The van der Waals surface area contributed by atoms with E-state index in [0.29, 0.717) is 12.8 Å². The second kappa shape index (κ2) is 5.84. The van der Waals surface area contributed by atoms with Crippen LogP contribution in [-0.4, -0.2) is 33.2 Å². The van der Waals surface area contributed by atoms with Gasteiger partial charge >= 0.3 is 17.9 Å². The molecule has 0 saturated heterocycles. The van der Waals surface area contributed by atoms with Gasteiger partial charge in [0.05, 0.1) is 17.8 Å². The quantitative estimate of drug-likeness (QED) is 0.645. The zero-order valence-electron chi connectivity index (χ0n) is 10.1. The summed E-state index contributed by atoms with van der Waals surface area (Å²) >= 11 is 0. The average Bonchev–Trinajstić information content (AvgIpc) is 2.51. The highest BCUT2D eigenvalue weighted by molar-refractivity contribution is 5.86. The Hall–Kier alpha value is -1.59. The number of carboxylic acids is 3. The van der Waals surface area contributed by atoms with Crippen LogP contribution in [0.5, 0.6) is 0 Å². The molecule has 0 radical (unpaired) electrons. The Bertz CT molecular complexity index is 340. The van der Waals surface area contributed by atoms with Crippen molar-refractivity contribution in [3.05, 3.63) is 0 Å². The summed E-state index contributed by atoms with van der Waals surface area (Å²) in [5.74, 6) is -5.14. The van der Waals surface area contributed by atoms with Gasteiger partial charge in [-0.3, -0.25) is 14.4 Å². The zero-order valence-corrected chi connectivity index (χ0v) is 10.1. The number of hydrogen-bond acceptors (Lipinski definition) is 3. The van der Waals surface area contributed by atoms with E-state index in [1.54, 1.807) is 0 Å². The van der Waals surface area contributed by atoms with Crippen molar-refractivity contribution in [2.45, 2.75) is 44.9 Å². The summed E-state index contributed by atoms with van der Waals surface area (Å²) in [6.45, 7) is 0. The van der Waals surface area contributed by atoms with Crippen LogP contribution >= 0.6 is 0 Å². The summed E-state index contributed by atoms with van der Waals surface area (Å²) in [6.07, 6.45) is 2.86. The highest BCUT2D eigenvalue weighted by Crippen LogP contribution is 2.43. The molecular formula is C12H18O6. The number of carboxylic acid groups (broad SMARTS) is 3. The molecule has 0 spiro atoms. The van der Waals surface area contributed by atoms with Gasteiger partial charge in [-0.15, -0.1) is 0 Å². The smallest absolute Gasteiger partial charge is 0.310 e. The van der Waals surface area contributed by atoms with Crippen LogP contribution < -0.4 is 0 Å². The molecule has 1 saturated carbocycles. The zero-order chi connectivity index (χ0) is 13.8. The fourth-order valence-electron chi connectivity index (χ4n) is 2.76. The normalized spacial score (nSPS) is 20.7. The van der Waals surface area contributed by atoms with Crippen LogP contribution in [0.1, 0.15) is 44.9 Å². The van der Waals surface area contributed by atoms with Gasteiger partial charge in [0.25, 0.3) is 0 Å². The van der Waals surface area contributed by atoms with Gasteiger partial charge in [0, 0.05) is 0 Å². The fraction of sp³-hybridized carbons (Fsp3) is 0.750. The largest absolute Gasteiger partial charge is 0.481 e. The Morgan fingerprint density at radius 1 is 0.944 bits per heavy atom. The molecule has 1 unspecified atom stereocenters. The van der Waals surface area contributed by atoms with Crippen molar-refractivity contribution in [3.63, 3.8) is 0 Å². The van der Waals surface area contributed by atoms with Crippen molar-refractivity contribution >= 4 is 17.9 Å². The van der Waals surface area contributed by atoms with Crippen molar-refractivity contribution in [1.82, 2.24) is 0 Å². The number of rotatable bonds is 5. The minimum atomic E-state index is -1.43. The molecule has 1 rings (SSSR count). The summed E-state index contributed by atoms with van der Waals surface area (Å²) in [6, 6.07) is 0. The standard InChI is InChI=1S/C12H18O6/c13-9(14)7-8(10(15)16)12(11(17)18)5-3-1-2-4-6-12/h8H,1-7H2,(H,13,14)(H,15,16)(H,17,18). The third-order valence-corrected chi connectivity index (χ3v) is 3.77. The van der Waals surface area contributed by atoms with Gasteiger partial charge in [0.1, 0.15) is 0 Å². The van der Waals surface area contributed by atoms with Crippen LogP contribution in [0.2, 0.25) is 0 Å². The molecule has 1 atom stereocenters. The van der Waals surface area contributed by atoms with Gasteiger partial charge in [0.15, 0.2) is 0 Å². The summed E-state index contributed by atoms with van der Waals surface area (Å²) in [5, 5.41) is 27.3. The van der Waals surface area contributed by atoms with Gasteiger partial charge in [-0.25, -0.2) is 0 Å². The van der Waals surface area contributed by atoms with E-state index in [-0.39, 0.29) is 12.8 Å². The molecule has 6 heteroatoms. The molecule has 18 heavy (non-hydrogen) atoms. The van der Waals surface area contributed by atoms with Crippen molar-refractivity contribution in [2.24, 2.45) is 11.3 Å². The van der Waals surface area contributed by atoms with Crippen LogP contribution in [-0.2, 0) is 14.4 Å². The fourth-order valence-corrected chi connectivity index (χ4v) is 2.76. The first-order valence-corrected chi connectivity index (χ1v) is 6.08. The molecule has 0 heterocycles. The predicted octanol–water partition coefficient (Wildman–Crippen LogP) is 1.59. The lowest BCUT2D eigenvalue weighted by atomic mass is 9.68. The van der Waals surface area contributed by atoms with E-state index in [1.807, 2.05) is 0 Å². The molecule has 0 aromatic carbocycles. The lowest BCUT2D eigenvalue weighted by molar-refractivity contribution is -0.166. The monoisotopic (exact) mass is 258 g/mol. The Morgan fingerprint density at radius 2 is 1.44 bits per heavy atom. The van der Waals surface area contributed by atoms with Crippen molar-refractivity contribution in [3.8, 4) is 0 Å². The number of aliphatic carboxylic acids is 3. The van der Waals surface area contributed by atoms with Gasteiger partial charge in [-0.1, -0.05) is 25.7 Å². The first kappa shape index (κ1) is 14.5. The molecular weight excluding hydrogens is 240 g/mol. The van der Waals surface area contributed by atoms with Crippen LogP contribution in [0.25, 0.3) is 0 Å². The maximum absolute atomic E-state index is 11.5. The Kier molecular flexibility index (Phi) is 4.69. The summed E-state index contributed by atoms with van der Waals surface area (Å²) in [4.78, 5) is 33.5. The molecule has 0 aliphatic heterocycles. The first-order valence-electron chi connectivity index (χ1n) is 6.08. The molecule has 1 aliphatic rings. The third kappa shape index (κ3) is 3.00. The Balaban J connectivity index is 3.08. The number of carbonyl (C=O) groups is 3.